The van der Waals surface area contributed by atoms with E-state index in [9.17, 15) is 0 Å². The molecule has 4 nitrogen and oxygen atoms in total. The van der Waals surface area contributed by atoms with Gasteiger partial charge in [-0.05, 0) is 25.1 Å². The number of hydrogen-bond acceptors (Lipinski definition) is 4. The van der Waals surface area contributed by atoms with Crippen molar-refractivity contribution in [1.29, 1.82) is 0 Å². The van der Waals surface area contributed by atoms with Gasteiger partial charge in [0.2, 0.25) is 0 Å². The topological polar surface area (TPSA) is 24.9 Å². The van der Waals surface area contributed by atoms with E-state index in [2.05, 4.69) is 16.7 Å². The van der Waals surface area contributed by atoms with Crippen molar-refractivity contribution < 1.29 is 9.47 Å². The first-order chi connectivity index (χ1) is 9.83. The number of nitrogens with zero attached hydrogens (tertiary/aromatic N) is 2. The Morgan fingerprint density at radius 3 is 2.30 bits per heavy atom. The Kier molecular flexibility index (Phi) is 6.15. The fraction of sp³-hybridized carbons (Fsp3) is 0.625. The maximum Gasteiger partial charge on any atom is 0.161 e. The summed E-state index contributed by atoms with van der Waals surface area (Å²) in [5, 5.41) is 0. The lowest BCUT2D eigenvalue weighted by Crippen LogP contribution is -2.46. The van der Waals surface area contributed by atoms with Crippen molar-refractivity contribution in [2.45, 2.75) is 13.3 Å². The highest BCUT2D eigenvalue weighted by molar-refractivity contribution is 5.39. The third-order valence-electron chi connectivity index (χ3n) is 3.86. The van der Waals surface area contributed by atoms with Gasteiger partial charge in [-0.3, -0.25) is 0 Å². The quantitative estimate of drug-likeness (QED) is 0.713. The van der Waals surface area contributed by atoms with Crippen LogP contribution in [0.1, 0.15) is 13.3 Å². The van der Waals surface area contributed by atoms with Crippen LogP contribution in [0, 0.1) is 0 Å². The average Bonchev–Trinajstić information content (AvgIpc) is 2.52. The molecule has 2 rings (SSSR count). The molecule has 0 saturated carbocycles. The Labute approximate surface area is 122 Å². The van der Waals surface area contributed by atoms with Crippen LogP contribution in [0.25, 0.3) is 0 Å². The van der Waals surface area contributed by atoms with Crippen LogP contribution in [0.15, 0.2) is 24.3 Å². The third-order valence-corrected chi connectivity index (χ3v) is 3.86. The zero-order valence-electron chi connectivity index (χ0n) is 12.7. The van der Waals surface area contributed by atoms with Crippen LogP contribution >= 0.6 is 0 Å². The lowest BCUT2D eigenvalue weighted by molar-refractivity contribution is 0.130. The number of methoxy groups -OCH3 is 1. The van der Waals surface area contributed by atoms with E-state index >= 15 is 0 Å². The Bertz CT molecular complexity index is 390. The first-order valence-electron chi connectivity index (χ1n) is 7.54. The Hall–Kier alpha value is -1.26. The molecule has 1 aromatic rings. The molecule has 0 atom stereocenters. The van der Waals surface area contributed by atoms with Crippen LogP contribution in [0.3, 0.4) is 0 Å². The van der Waals surface area contributed by atoms with Gasteiger partial charge in [-0.15, -0.1) is 0 Å². The van der Waals surface area contributed by atoms with Gasteiger partial charge in [-0.1, -0.05) is 19.1 Å². The average molecular weight is 278 g/mol. The smallest absolute Gasteiger partial charge is 0.161 e. The van der Waals surface area contributed by atoms with Crippen LogP contribution in [0.5, 0.6) is 11.5 Å². The highest BCUT2D eigenvalue weighted by Crippen LogP contribution is 2.25. The van der Waals surface area contributed by atoms with Crippen LogP contribution in [0.2, 0.25) is 0 Å². The lowest BCUT2D eigenvalue weighted by atomic mass is 10.3. The molecule has 1 aliphatic heterocycles. The van der Waals surface area contributed by atoms with Gasteiger partial charge in [0, 0.05) is 32.7 Å². The van der Waals surface area contributed by atoms with E-state index in [4.69, 9.17) is 9.47 Å². The minimum Gasteiger partial charge on any atom is -0.493 e. The highest BCUT2D eigenvalue weighted by Gasteiger charge is 2.14. The summed E-state index contributed by atoms with van der Waals surface area (Å²) in [5.41, 5.74) is 0. The van der Waals surface area contributed by atoms with E-state index in [0.29, 0.717) is 0 Å². The van der Waals surface area contributed by atoms with E-state index in [1.165, 1.54) is 32.7 Å². The minimum absolute atomic E-state index is 0.744. The van der Waals surface area contributed by atoms with Crippen LogP contribution < -0.4 is 9.47 Å². The van der Waals surface area contributed by atoms with E-state index in [1.54, 1.807) is 7.11 Å². The Morgan fingerprint density at radius 1 is 1.00 bits per heavy atom. The van der Waals surface area contributed by atoms with Crippen molar-refractivity contribution in [3.8, 4) is 11.5 Å². The van der Waals surface area contributed by atoms with Crippen molar-refractivity contribution in [2.75, 3.05) is 53.0 Å². The SMILES string of the molecule is CCN1CCN(CCCOc2ccccc2OC)CC1. The summed E-state index contributed by atoms with van der Waals surface area (Å²) in [4.78, 5) is 5.03. The van der Waals surface area contributed by atoms with Crippen molar-refractivity contribution in [3.63, 3.8) is 0 Å². The van der Waals surface area contributed by atoms with E-state index in [-0.39, 0.29) is 0 Å². The Balaban J connectivity index is 1.64. The van der Waals surface area contributed by atoms with E-state index in [1.807, 2.05) is 24.3 Å². The van der Waals surface area contributed by atoms with Crippen LogP contribution in [-0.4, -0.2) is 62.8 Å². The van der Waals surface area contributed by atoms with Gasteiger partial charge in [-0.2, -0.15) is 0 Å². The van der Waals surface area contributed by atoms with E-state index < -0.39 is 0 Å². The summed E-state index contributed by atoms with van der Waals surface area (Å²) in [6.45, 7) is 10.0. The fourth-order valence-corrected chi connectivity index (χ4v) is 2.54. The molecule has 0 N–H and O–H groups in total. The number of benzene rings is 1. The number of rotatable bonds is 7. The van der Waals surface area contributed by atoms with Crippen molar-refractivity contribution in [1.82, 2.24) is 9.80 Å². The number of para-hydroxylation sites is 2. The second-order valence-corrected chi connectivity index (χ2v) is 5.13. The van der Waals surface area contributed by atoms with Gasteiger partial charge >= 0.3 is 0 Å². The first-order valence-corrected chi connectivity index (χ1v) is 7.54. The van der Waals surface area contributed by atoms with Crippen molar-refractivity contribution >= 4 is 0 Å². The molecule has 112 valence electrons. The van der Waals surface area contributed by atoms with Gasteiger partial charge in [0.1, 0.15) is 0 Å². The molecule has 0 amide bonds. The molecule has 0 aliphatic carbocycles. The summed E-state index contributed by atoms with van der Waals surface area (Å²) in [6.07, 6.45) is 1.06. The number of ether oxygens (including phenoxy) is 2. The molecule has 0 bridgehead atoms. The summed E-state index contributed by atoms with van der Waals surface area (Å²) < 4.78 is 11.1. The molecule has 1 saturated heterocycles. The fourth-order valence-electron chi connectivity index (χ4n) is 2.54. The molecule has 1 aromatic carbocycles. The molecule has 0 radical (unpaired) electrons. The molecule has 0 aromatic heterocycles. The second kappa shape index (κ2) is 8.12. The summed E-state index contributed by atoms with van der Waals surface area (Å²) in [5.74, 6) is 1.65. The first kappa shape index (κ1) is 15.1. The van der Waals surface area contributed by atoms with Crippen LogP contribution in [0.4, 0.5) is 0 Å². The number of piperazine rings is 1. The molecule has 1 heterocycles. The second-order valence-electron chi connectivity index (χ2n) is 5.13. The normalized spacial score (nSPS) is 17.1. The maximum atomic E-state index is 5.80. The zero-order valence-corrected chi connectivity index (χ0v) is 12.7. The molecule has 1 aliphatic rings. The molecule has 0 spiro atoms. The van der Waals surface area contributed by atoms with Gasteiger partial charge in [0.15, 0.2) is 11.5 Å². The molecular weight excluding hydrogens is 252 g/mol. The monoisotopic (exact) mass is 278 g/mol. The lowest BCUT2D eigenvalue weighted by Gasteiger charge is -2.33. The molecule has 1 fully saturated rings. The number of likely N-dealkylation sites (N-methyl/N-ethyl adjacent to an activating group) is 1. The molecule has 20 heavy (non-hydrogen) atoms. The zero-order chi connectivity index (χ0) is 14.2. The largest absolute Gasteiger partial charge is 0.493 e. The van der Waals surface area contributed by atoms with Gasteiger partial charge in [0.25, 0.3) is 0 Å². The predicted molar refractivity (Wildman–Crippen MR) is 81.7 cm³/mol. The van der Waals surface area contributed by atoms with Crippen molar-refractivity contribution in [2.24, 2.45) is 0 Å². The van der Waals surface area contributed by atoms with Crippen LogP contribution in [-0.2, 0) is 0 Å². The molecule has 4 heteroatoms. The van der Waals surface area contributed by atoms with Crippen molar-refractivity contribution in [3.05, 3.63) is 24.3 Å². The standard InChI is InChI=1S/C16H26N2O2/c1-3-17-10-12-18(13-11-17)9-6-14-20-16-8-5-4-7-15(16)19-2/h4-5,7-8H,3,6,9-14H2,1-2H3. The summed E-state index contributed by atoms with van der Waals surface area (Å²) in [7, 11) is 1.68. The third kappa shape index (κ3) is 4.39. The molecular formula is C16H26N2O2. The summed E-state index contributed by atoms with van der Waals surface area (Å²) in [6, 6.07) is 7.82. The highest BCUT2D eigenvalue weighted by atomic mass is 16.5. The number of hydrogen-bond donors (Lipinski definition) is 0. The van der Waals surface area contributed by atoms with Gasteiger partial charge < -0.3 is 19.3 Å². The summed E-state index contributed by atoms with van der Waals surface area (Å²) >= 11 is 0. The van der Waals surface area contributed by atoms with Gasteiger partial charge in [0.05, 0.1) is 13.7 Å². The Morgan fingerprint density at radius 2 is 1.65 bits per heavy atom. The minimum atomic E-state index is 0.744. The van der Waals surface area contributed by atoms with E-state index in [0.717, 1.165) is 31.1 Å². The molecule has 0 unspecified atom stereocenters. The predicted octanol–water partition coefficient (Wildman–Crippen LogP) is 2.10. The van der Waals surface area contributed by atoms with Gasteiger partial charge in [-0.25, -0.2) is 0 Å². The maximum absolute atomic E-state index is 5.80.